The van der Waals surface area contributed by atoms with Crippen LogP contribution in [-0.2, 0) is 6.42 Å². The lowest BCUT2D eigenvalue weighted by Crippen LogP contribution is -2.14. The molecular formula is C15H23N. The molecule has 0 aliphatic heterocycles. The highest BCUT2D eigenvalue weighted by molar-refractivity contribution is 5.15. The Morgan fingerprint density at radius 2 is 2.00 bits per heavy atom. The zero-order valence-electron chi connectivity index (χ0n) is 10.3. The van der Waals surface area contributed by atoms with E-state index in [1.165, 1.54) is 31.2 Å². The lowest BCUT2D eigenvalue weighted by Gasteiger charge is -2.16. The standard InChI is InChI=1S/C15H23N/c1-3-8-14(11-12-16-4-2)13-15-9-6-5-7-10-15/h4-7,9-10,14,16H,2-3,8,11-13H2,1H3. The summed E-state index contributed by atoms with van der Waals surface area (Å²) in [6, 6.07) is 10.8. The van der Waals surface area contributed by atoms with Crippen LogP contribution in [0.25, 0.3) is 0 Å². The van der Waals surface area contributed by atoms with E-state index in [1.807, 2.05) is 0 Å². The van der Waals surface area contributed by atoms with Crippen LogP contribution < -0.4 is 5.32 Å². The SMILES string of the molecule is C=CNCCC(CCC)Cc1ccccc1. The summed E-state index contributed by atoms with van der Waals surface area (Å²) in [7, 11) is 0. The van der Waals surface area contributed by atoms with Gasteiger partial charge >= 0.3 is 0 Å². The lowest BCUT2D eigenvalue weighted by atomic mass is 9.92. The largest absolute Gasteiger partial charge is 0.391 e. The first-order chi connectivity index (χ1) is 7.86. The summed E-state index contributed by atoms with van der Waals surface area (Å²) in [6.45, 7) is 6.98. The Labute approximate surface area is 99.6 Å². The fraction of sp³-hybridized carbons (Fsp3) is 0.467. The van der Waals surface area contributed by atoms with Crippen LogP contribution in [0.4, 0.5) is 0 Å². The van der Waals surface area contributed by atoms with Crippen molar-refractivity contribution in [2.45, 2.75) is 32.6 Å². The third-order valence-corrected chi connectivity index (χ3v) is 2.91. The van der Waals surface area contributed by atoms with Gasteiger partial charge in [-0.1, -0.05) is 56.7 Å². The first kappa shape index (κ1) is 12.8. The van der Waals surface area contributed by atoms with Crippen LogP contribution in [-0.4, -0.2) is 6.54 Å². The maximum Gasteiger partial charge on any atom is 0.0144 e. The molecule has 1 aromatic rings. The molecule has 1 aromatic carbocycles. The van der Waals surface area contributed by atoms with E-state index in [1.54, 1.807) is 6.20 Å². The molecule has 0 aliphatic rings. The number of hydrogen-bond acceptors (Lipinski definition) is 1. The van der Waals surface area contributed by atoms with Crippen molar-refractivity contribution in [3.05, 3.63) is 48.7 Å². The zero-order valence-corrected chi connectivity index (χ0v) is 10.3. The van der Waals surface area contributed by atoms with Gasteiger partial charge in [-0.2, -0.15) is 0 Å². The van der Waals surface area contributed by atoms with Gasteiger partial charge in [-0.25, -0.2) is 0 Å². The predicted molar refractivity (Wildman–Crippen MR) is 71.4 cm³/mol. The quantitative estimate of drug-likeness (QED) is 0.654. The molecule has 1 heteroatoms. The van der Waals surface area contributed by atoms with Gasteiger partial charge < -0.3 is 5.32 Å². The highest BCUT2D eigenvalue weighted by Crippen LogP contribution is 2.17. The van der Waals surface area contributed by atoms with Crippen LogP contribution in [0.3, 0.4) is 0 Å². The normalized spacial score (nSPS) is 12.1. The van der Waals surface area contributed by atoms with Crippen molar-refractivity contribution in [2.24, 2.45) is 5.92 Å². The van der Waals surface area contributed by atoms with Crippen LogP contribution in [0, 0.1) is 5.92 Å². The third-order valence-electron chi connectivity index (χ3n) is 2.91. The molecule has 0 aromatic heterocycles. The van der Waals surface area contributed by atoms with Crippen LogP contribution in [0.5, 0.6) is 0 Å². The summed E-state index contributed by atoms with van der Waals surface area (Å²) in [6.07, 6.45) is 6.80. The fourth-order valence-corrected chi connectivity index (χ4v) is 2.09. The first-order valence-electron chi connectivity index (χ1n) is 6.25. The Morgan fingerprint density at radius 3 is 2.62 bits per heavy atom. The minimum atomic E-state index is 0.792. The van der Waals surface area contributed by atoms with E-state index < -0.39 is 0 Å². The van der Waals surface area contributed by atoms with Gasteiger partial charge in [-0.05, 0) is 30.5 Å². The molecule has 1 rings (SSSR count). The Kier molecular flexibility index (Phi) is 6.39. The zero-order chi connectivity index (χ0) is 11.6. The van der Waals surface area contributed by atoms with Crippen molar-refractivity contribution < 1.29 is 0 Å². The van der Waals surface area contributed by atoms with E-state index >= 15 is 0 Å². The van der Waals surface area contributed by atoms with Gasteiger partial charge in [0.2, 0.25) is 0 Å². The van der Waals surface area contributed by atoms with E-state index in [4.69, 9.17) is 0 Å². The maximum atomic E-state index is 3.68. The Balaban J connectivity index is 2.40. The molecule has 0 spiro atoms. The second-order valence-corrected chi connectivity index (χ2v) is 4.29. The molecule has 16 heavy (non-hydrogen) atoms. The molecule has 0 saturated heterocycles. The smallest absolute Gasteiger partial charge is 0.0144 e. The minimum Gasteiger partial charge on any atom is -0.391 e. The van der Waals surface area contributed by atoms with Crippen molar-refractivity contribution in [1.82, 2.24) is 5.32 Å². The molecule has 0 heterocycles. The molecule has 0 fully saturated rings. The molecule has 1 atom stereocenters. The van der Waals surface area contributed by atoms with Crippen LogP contribution in [0.15, 0.2) is 43.1 Å². The van der Waals surface area contributed by atoms with E-state index in [-0.39, 0.29) is 0 Å². The molecule has 0 aliphatic carbocycles. The lowest BCUT2D eigenvalue weighted by molar-refractivity contribution is 0.439. The summed E-state index contributed by atoms with van der Waals surface area (Å²) >= 11 is 0. The van der Waals surface area contributed by atoms with E-state index in [9.17, 15) is 0 Å². The van der Waals surface area contributed by atoms with Crippen LogP contribution in [0.2, 0.25) is 0 Å². The van der Waals surface area contributed by atoms with E-state index in [0.717, 1.165) is 12.5 Å². The fourth-order valence-electron chi connectivity index (χ4n) is 2.09. The number of hydrogen-bond donors (Lipinski definition) is 1. The van der Waals surface area contributed by atoms with Gasteiger partial charge in [0.15, 0.2) is 0 Å². The first-order valence-corrected chi connectivity index (χ1v) is 6.25. The van der Waals surface area contributed by atoms with Crippen molar-refractivity contribution in [1.29, 1.82) is 0 Å². The van der Waals surface area contributed by atoms with Crippen molar-refractivity contribution >= 4 is 0 Å². The van der Waals surface area contributed by atoms with Gasteiger partial charge in [0, 0.05) is 6.54 Å². The second-order valence-electron chi connectivity index (χ2n) is 4.29. The summed E-state index contributed by atoms with van der Waals surface area (Å²) in [5.74, 6) is 0.792. The average Bonchev–Trinajstić information content (AvgIpc) is 2.31. The molecule has 0 radical (unpaired) electrons. The Bertz CT molecular complexity index is 279. The summed E-state index contributed by atoms with van der Waals surface area (Å²) in [5.41, 5.74) is 1.46. The molecule has 1 unspecified atom stereocenters. The minimum absolute atomic E-state index is 0.792. The molecule has 0 bridgehead atoms. The van der Waals surface area contributed by atoms with Crippen molar-refractivity contribution in [3.8, 4) is 0 Å². The molecule has 1 N–H and O–H groups in total. The molecule has 1 nitrogen and oxygen atoms in total. The molecule has 0 amide bonds. The predicted octanol–water partition coefficient (Wildman–Crippen LogP) is 3.77. The summed E-state index contributed by atoms with van der Waals surface area (Å²) in [5, 5.41) is 3.19. The number of rotatable bonds is 8. The Hall–Kier alpha value is -1.24. The van der Waals surface area contributed by atoms with Crippen molar-refractivity contribution in [2.75, 3.05) is 6.54 Å². The van der Waals surface area contributed by atoms with Gasteiger partial charge in [0.1, 0.15) is 0 Å². The monoisotopic (exact) mass is 217 g/mol. The number of nitrogens with one attached hydrogen (secondary N) is 1. The van der Waals surface area contributed by atoms with Crippen molar-refractivity contribution in [3.63, 3.8) is 0 Å². The van der Waals surface area contributed by atoms with Gasteiger partial charge in [-0.3, -0.25) is 0 Å². The topological polar surface area (TPSA) is 12.0 Å². The van der Waals surface area contributed by atoms with Crippen LogP contribution >= 0.6 is 0 Å². The van der Waals surface area contributed by atoms with Crippen LogP contribution in [0.1, 0.15) is 31.7 Å². The molecule has 0 saturated carbocycles. The molecule has 88 valence electrons. The van der Waals surface area contributed by atoms with Gasteiger partial charge in [0.05, 0.1) is 0 Å². The van der Waals surface area contributed by atoms with E-state index in [2.05, 4.69) is 49.2 Å². The second kappa shape index (κ2) is 7.98. The highest BCUT2D eigenvalue weighted by atomic mass is 14.8. The Morgan fingerprint density at radius 1 is 1.25 bits per heavy atom. The maximum absolute atomic E-state index is 3.68. The van der Waals surface area contributed by atoms with Gasteiger partial charge in [0.25, 0.3) is 0 Å². The van der Waals surface area contributed by atoms with Gasteiger partial charge in [-0.15, -0.1) is 0 Å². The number of benzene rings is 1. The third kappa shape index (κ3) is 5.01. The summed E-state index contributed by atoms with van der Waals surface area (Å²) in [4.78, 5) is 0. The summed E-state index contributed by atoms with van der Waals surface area (Å²) < 4.78 is 0. The average molecular weight is 217 g/mol. The highest BCUT2D eigenvalue weighted by Gasteiger charge is 2.07. The van der Waals surface area contributed by atoms with E-state index in [0.29, 0.717) is 0 Å². The molecular weight excluding hydrogens is 194 g/mol.